The van der Waals surface area contributed by atoms with Gasteiger partial charge in [0.1, 0.15) is 17.2 Å². The standard InChI is InChI=1S/C20H25BrF2N4O/c1-26(2)11-20(6-7-20)12-28-19-24-17-13(10-14(22)15(21)16(17)23)18(25-19)27-8-4-3-5-9-27/h10H,3-9,11-12H2,1-2H3. The first kappa shape index (κ1) is 19.8. The third-order valence-electron chi connectivity index (χ3n) is 5.56. The number of fused-ring (bicyclic) bond motifs is 1. The molecular formula is C20H25BrF2N4O. The molecule has 1 aliphatic heterocycles. The van der Waals surface area contributed by atoms with Crippen LogP contribution in [0.2, 0.25) is 0 Å². The molecule has 2 heterocycles. The fourth-order valence-electron chi connectivity index (χ4n) is 3.96. The molecule has 0 unspecified atom stereocenters. The molecule has 0 N–H and O–H groups in total. The minimum Gasteiger partial charge on any atom is -0.463 e. The highest BCUT2D eigenvalue weighted by molar-refractivity contribution is 9.10. The SMILES string of the molecule is CN(C)CC1(COc2nc(N3CCCCC3)c3cc(F)c(Br)c(F)c3n2)CC1. The predicted molar refractivity (Wildman–Crippen MR) is 109 cm³/mol. The van der Waals surface area contributed by atoms with Crippen LogP contribution in [-0.2, 0) is 0 Å². The minimum absolute atomic E-state index is 0.0938. The number of anilines is 1. The van der Waals surface area contributed by atoms with E-state index in [0.29, 0.717) is 17.8 Å². The fourth-order valence-corrected chi connectivity index (χ4v) is 4.26. The van der Waals surface area contributed by atoms with Gasteiger partial charge in [0.05, 0.1) is 11.1 Å². The van der Waals surface area contributed by atoms with E-state index >= 15 is 0 Å². The lowest BCUT2D eigenvalue weighted by atomic mass is 10.1. The Kier molecular flexibility index (Phi) is 5.44. The minimum atomic E-state index is -0.713. The van der Waals surface area contributed by atoms with Crippen LogP contribution in [-0.4, -0.2) is 55.2 Å². The van der Waals surface area contributed by atoms with Gasteiger partial charge in [-0.2, -0.15) is 9.97 Å². The van der Waals surface area contributed by atoms with Crippen LogP contribution in [0.1, 0.15) is 32.1 Å². The summed E-state index contributed by atoms with van der Waals surface area (Å²) >= 11 is 2.98. The highest BCUT2D eigenvalue weighted by Gasteiger charge is 2.44. The molecule has 5 nitrogen and oxygen atoms in total. The normalized spacial score (nSPS) is 18.7. The molecule has 0 spiro atoms. The molecule has 152 valence electrons. The van der Waals surface area contributed by atoms with Crippen molar-refractivity contribution < 1.29 is 13.5 Å². The van der Waals surface area contributed by atoms with Crippen molar-refractivity contribution in [2.45, 2.75) is 32.1 Å². The van der Waals surface area contributed by atoms with Gasteiger partial charge in [-0.25, -0.2) is 8.78 Å². The smallest absolute Gasteiger partial charge is 0.319 e. The van der Waals surface area contributed by atoms with Gasteiger partial charge in [0.2, 0.25) is 0 Å². The van der Waals surface area contributed by atoms with Crippen molar-refractivity contribution in [3.8, 4) is 6.01 Å². The predicted octanol–water partition coefficient (Wildman–Crippen LogP) is 4.38. The molecule has 28 heavy (non-hydrogen) atoms. The molecule has 1 aromatic carbocycles. The fraction of sp³-hybridized carbons (Fsp3) is 0.600. The average Bonchev–Trinajstić information content (AvgIpc) is 3.44. The zero-order valence-electron chi connectivity index (χ0n) is 16.3. The molecule has 2 aliphatic rings. The number of nitrogens with zero attached hydrogens (tertiary/aromatic N) is 4. The van der Waals surface area contributed by atoms with E-state index in [2.05, 4.69) is 35.7 Å². The lowest BCUT2D eigenvalue weighted by Crippen LogP contribution is -2.31. The van der Waals surface area contributed by atoms with E-state index in [1.54, 1.807) is 0 Å². The van der Waals surface area contributed by atoms with Crippen LogP contribution in [0.25, 0.3) is 10.9 Å². The molecule has 1 saturated heterocycles. The molecule has 2 aromatic rings. The summed E-state index contributed by atoms with van der Waals surface area (Å²) in [7, 11) is 4.09. The van der Waals surface area contributed by atoms with Crippen molar-refractivity contribution in [3.63, 3.8) is 0 Å². The van der Waals surface area contributed by atoms with Gasteiger partial charge in [-0.15, -0.1) is 0 Å². The number of halogens is 3. The maximum Gasteiger partial charge on any atom is 0.319 e. The number of piperidine rings is 1. The second-order valence-electron chi connectivity index (χ2n) is 8.29. The first-order valence-electron chi connectivity index (χ1n) is 9.76. The summed E-state index contributed by atoms with van der Waals surface area (Å²) < 4.78 is 34.7. The molecule has 1 aliphatic carbocycles. The van der Waals surface area contributed by atoms with Gasteiger partial charge in [0.25, 0.3) is 0 Å². The number of ether oxygens (including phenoxy) is 1. The van der Waals surface area contributed by atoms with Crippen LogP contribution in [0, 0.1) is 17.0 Å². The van der Waals surface area contributed by atoms with Crippen molar-refractivity contribution in [3.05, 3.63) is 22.2 Å². The Hall–Kier alpha value is -1.54. The number of hydrogen-bond acceptors (Lipinski definition) is 5. The summed E-state index contributed by atoms with van der Waals surface area (Å²) in [5.74, 6) is -0.805. The van der Waals surface area contributed by atoms with Gasteiger partial charge in [0.15, 0.2) is 5.82 Å². The zero-order chi connectivity index (χ0) is 19.9. The summed E-state index contributed by atoms with van der Waals surface area (Å²) in [6.07, 6.45) is 5.43. The zero-order valence-corrected chi connectivity index (χ0v) is 17.9. The molecule has 0 radical (unpaired) electrons. The Bertz CT molecular complexity index is 882. The van der Waals surface area contributed by atoms with Crippen molar-refractivity contribution >= 4 is 32.7 Å². The summed E-state index contributed by atoms with van der Waals surface area (Å²) in [4.78, 5) is 13.1. The summed E-state index contributed by atoms with van der Waals surface area (Å²) in [6, 6.07) is 1.47. The lowest BCUT2D eigenvalue weighted by Gasteiger charge is -2.29. The van der Waals surface area contributed by atoms with Gasteiger partial charge in [-0.05, 0) is 68.2 Å². The van der Waals surface area contributed by atoms with Gasteiger partial charge in [0, 0.05) is 30.4 Å². The highest BCUT2D eigenvalue weighted by Crippen LogP contribution is 2.46. The third-order valence-corrected chi connectivity index (χ3v) is 6.29. The molecule has 0 bridgehead atoms. The second-order valence-corrected chi connectivity index (χ2v) is 9.08. The van der Waals surface area contributed by atoms with E-state index in [9.17, 15) is 8.78 Å². The highest BCUT2D eigenvalue weighted by atomic mass is 79.9. The molecule has 0 atom stereocenters. The maximum absolute atomic E-state index is 14.8. The van der Waals surface area contributed by atoms with Gasteiger partial charge < -0.3 is 14.5 Å². The average molecular weight is 455 g/mol. The number of benzene rings is 1. The summed E-state index contributed by atoms with van der Waals surface area (Å²) in [5, 5.41) is 0.391. The molecule has 1 aromatic heterocycles. The Morgan fingerprint density at radius 2 is 1.89 bits per heavy atom. The molecule has 1 saturated carbocycles. The summed E-state index contributed by atoms with van der Waals surface area (Å²) in [6.45, 7) is 3.07. The van der Waals surface area contributed by atoms with Crippen LogP contribution >= 0.6 is 15.9 Å². The van der Waals surface area contributed by atoms with E-state index in [-0.39, 0.29) is 21.4 Å². The molecule has 0 amide bonds. The number of rotatable bonds is 6. The summed E-state index contributed by atoms with van der Waals surface area (Å²) in [5.41, 5.74) is 0.214. The van der Waals surface area contributed by atoms with E-state index in [1.807, 2.05) is 14.1 Å². The maximum atomic E-state index is 14.8. The van der Waals surface area contributed by atoms with Gasteiger partial charge in [-0.1, -0.05) is 0 Å². The molecular weight excluding hydrogens is 430 g/mol. The molecule has 2 fully saturated rings. The first-order valence-corrected chi connectivity index (χ1v) is 10.6. The molecule has 8 heteroatoms. The van der Waals surface area contributed by atoms with E-state index in [0.717, 1.165) is 51.7 Å². The van der Waals surface area contributed by atoms with Crippen LogP contribution < -0.4 is 9.64 Å². The van der Waals surface area contributed by atoms with Gasteiger partial charge >= 0.3 is 6.01 Å². The van der Waals surface area contributed by atoms with E-state index < -0.39 is 11.6 Å². The Morgan fingerprint density at radius 1 is 1.18 bits per heavy atom. The second kappa shape index (κ2) is 7.71. The van der Waals surface area contributed by atoms with Crippen LogP contribution in [0.15, 0.2) is 10.5 Å². The third kappa shape index (κ3) is 3.94. The Morgan fingerprint density at radius 3 is 2.54 bits per heavy atom. The van der Waals surface area contributed by atoms with Crippen LogP contribution in [0.4, 0.5) is 14.6 Å². The number of hydrogen-bond donors (Lipinski definition) is 0. The Labute approximate surface area is 172 Å². The quantitative estimate of drug-likeness (QED) is 0.605. The Balaban J connectivity index is 1.70. The lowest BCUT2D eigenvalue weighted by molar-refractivity contribution is 0.183. The monoisotopic (exact) mass is 454 g/mol. The van der Waals surface area contributed by atoms with E-state index in [4.69, 9.17) is 4.74 Å². The number of aromatic nitrogens is 2. The van der Waals surface area contributed by atoms with Crippen molar-refractivity contribution in [1.29, 1.82) is 0 Å². The van der Waals surface area contributed by atoms with Gasteiger partial charge in [-0.3, -0.25) is 0 Å². The largest absolute Gasteiger partial charge is 0.463 e. The van der Waals surface area contributed by atoms with Crippen molar-refractivity contribution in [1.82, 2.24) is 14.9 Å². The van der Waals surface area contributed by atoms with Crippen molar-refractivity contribution in [2.24, 2.45) is 5.41 Å². The van der Waals surface area contributed by atoms with Crippen molar-refractivity contribution in [2.75, 3.05) is 45.2 Å². The first-order chi connectivity index (χ1) is 13.4. The van der Waals surface area contributed by atoms with Crippen LogP contribution in [0.5, 0.6) is 6.01 Å². The van der Waals surface area contributed by atoms with E-state index in [1.165, 1.54) is 6.07 Å². The molecule has 4 rings (SSSR count). The topological polar surface area (TPSA) is 41.5 Å². The van der Waals surface area contributed by atoms with Crippen LogP contribution in [0.3, 0.4) is 0 Å².